The molecule has 306 valence electrons. The van der Waals surface area contributed by atoms with E-state index in [0.717, 1.165) is 19.3 Å². The molecule has 0 aromatic heterocycles. The molecule has 0 radical (unpaired) electrons. The van der Waals surface area contributed by atoms with Crippen molar-refractivity contribution in [2.75, 3.05) is 0 Å². The molecular formula is C45H78O8. The summed E-state index contributed by atoms with van der Waals surface area (Å²) in [7, 11) is 0. The normalized spacial score (nSPS) is 34.4. The number of aliphatic hydroxyl groups is 5. The van der Waals surface area contributed by atoms with Crippen LogP contribution in [0.2, 0.25) is 0 Å². The van der Waals surface area contributed by atoms with E-state index >= 15 is 0 Å². The third kappa shape index (κ3) is 10.4. The lowest BCUT2D eigenvalue weighted by atomic mass is 9.45. The fourth-order valence-electron chi connectivity index (χ4n) is 11.3. The summed E-state index contributed by atoms with van der Waals surface area (Å²) >= 11 is 0. The molecule has 3 saturated carbocycles. The van der Waals surface area contributed by atoms with Crippen molar-refractivity contribution in [2.24, 2.45) is 28.6 Å². The van der Waals surface area contributed by atoms with Gasteiger partial charge in [0.2, 0.25) is 0 Å². The Kier molecular flexibility index (Phi) is 15.7. The molecule has 0 aromatic rings. The number of hydrogen-bond donors (Lipinski definition) is 5. The van der Waals surface area contributed by atoms with E-state index in [1.54, 1.807) is 26.8 Å². The largest absolute Gasteiger partial charge is 0.459 e. The number of esters is 1. The molecule has 53 heavy (non-hydrogen) atoms. The Hall–Kier alpha value is -1.32. The van der Waals surface area contributed by atoms with Crippen molar-refractivity contribution < 1.29 is 39.9 Å². The van der Waals surface area contributed by atoms with Gasteiger partial charge in [-0.05, 0) is 107 Å². The van der Waals surface area contributed by atoms with E-state index in [2.05, 4.69) is 6.92 Å². The van der Waals surface area contributed by atoms with Gasteiger partial charge in [0, 0.05) is 17.8 Å². The molecule has 0 saturated heterocycles. The molecule has 0 heterocycles. The standard InChI is InChI=1S/C45H78O8/c1-7-8-9-10-11-12-13-14-15-16-17-18-19-20-21-22-40(49)53-39(25-26-41(2,3)50)44(6,51)38-24-28-45(52)33-29-35(46)34-30-36(47)37(48)31-42(34,4)32(33)23-27-43(38,45)5/h29,32,34,36-39,47-48,50-52H,7-28,30-31H2,1-6H3/t32-,34-,36+,37-,38-,39+,42+,43+,44+,45+/m0/s1. The first-order chi connectivity index (χ1) is 24.9. The lowest BCUT2D eigenvalue weighted by Gasteiger charge is -2.60. The second kappa shape index (κ2) is 18.7. The van der Waals surface area contributed by atoms with Crippen LogP contribution < -0.4 is 0 Å². The Morgan fingerprint density at radius 2 is 1.38 bits per heavy atom. The molecule has 0 unspecified atom stereocenters. The maximum Gasteiger partial charge on any atom is 0.306 e. The van der Waals surface area contributed by atoms with Gasteiger partial charge in [-0.3, -0.25) is 9.59 Å². The Labute approximate surface area is 321 Å². The van der Waals surface area contributed by atoms with Gasteiger partial charge in [0.25, 0.3) is 0 Å². The quantitative estimate of drug-likeness (QED) is 0.0547. The van der Waals surface area contributed by atoms with Gasteiger partial charge in [-0.15, -0.1) is 0 Å². The molecule has 8 nitrogen and oxygen atoms in total. The molecule has 4 aliphatic carbocycles. The highest BCUT2D eigenvalue weighted by Crippen LogP contribution is 2.68. The van der Waals surface area contributed by atoms with Crippen LogP contribution in [0.3, 0.4) is 0 Å². The van der Waals surface area contributed by atoms with Crippen molar-refractivity contribution in [2.45, 2.75) is 231 Å². The first kappa shape index (κ1) is 44.4. The molecule has 0 amide bonds. The number of hydrogen-bond acceptors (Lipinski definition) is 8. The topological polar surface area (TPSA) is 145 Å². The second-order valence-electron chi connectivity index (χ2n) is 19.4. The van der Waals surface area contributed by atoms with Crippen LogP contribution in [0.15, 0.2) is 11.6 Å². The van der Waals surface area contributed by atoms with Gasteiger partial charge in [-0.25, -0.2) is 0 Å². The molecule has 3 fully saturated rings. The lowest BCUT2D eigenvalue weighted by Crippen LogP contribution is -2.63. The maximum atomic E-state index is 13.6. The van der Waals surface area contributed by atoms with E-state index in [-0.39, 0.29) is 36.9 Å². The summed E-state index contributed by atoms with van der Waals surface area (Å²) in [6, 6.07) is 0. The number of unbranched alkanes of at least 4 members (excludes halogenated alkanes) is 14. The van der Waals surface area contributed by atoms with Crippen LogP contribution in [-0.4, -0.2) is 72.4 Å². The zero-order chi connectivity index (χ0) is 39.1. The summed E-state index contributed by atoms with van der Waals surface area (Å²) in [6.07, 6.45) is 21.2. The number of rotatable bonds is 22. The van der Waals surface area contributed by atoms with Gasteiger partial charge < -0.3 is 30.3 Å². The van der Waals surface area contributed by atoms with Crippen LogP contribution in [0.5, 0.6) is 0 Å². The third-order valence-electron chi connectivity index (χ3n) is 14.8. The van der Waals surface area contributed by atoms with Crippen molar-refractivity contribution in [3.05, 3.63) is 11.6 Å². The third-order valence-corrected chi connectivity index (χ3v) is 14.8. The average Bonchev–Trinajstić information content (AvgIpc) is 3.37. The fraction of sp³-hybridized carbons (Fsp3) is 0.911. The summed E-state index contributed by atoms with van der Waals surface area (Å²) in [6.45, 7) is 11.5. The van der Waals surface area contributed by atoms with Gasteiger partial charge in [0.1, 0.15) is 11.7 Å². The van der Waals surface area contributed by atoms with Crippen molar-refractivity contribution in [1.82, 2.24) is 0 Å². The lowest BCUT2D eigenvalue weighted by molar-refractivity contribution is -0.194. The molecule has 5 N–H and O–H groups in total. The smallest absolute Gasteiger partial charge is 0.306 e. The van der Waals surface area contributed by atoms with Crippen molar-refractivity contribution in [1.29, 1.82) is 0 Å². The van der Waals surface area contributed by atoms with Crippen LogP contribution in [0, 0.1) is 28.6 Å². The van der Waals surface area contributed by atoms with Crippen molar-refractivity contribution >= 4 is 11.8 Å². The van der Waals surface area contributed by atoms with Crippen LogP contribution in [0.1, 0.15) is 196 Å². The molecule has 4 rings (SSSR count). The van der Waals surface area contributed by atoms with E-state index in [9.17, 15) is 35.1 Å². The molecule has 10 atom stereocenters. The second-order valence-corrected chi connectivity index (χ2v) is 19.4. The van der Waals surface area contributed by atoms with Gasteiger partial charge in [-0.1, -0.05) is 111 Å². The molecular weight excluding hydrogens is 668 g/mol. The summed E-state index contributed by atoms with van der Waals surface area (Å²) < 4.78 is 6.13. The minimum Gasteiger partial charge on any atom is -0.459 e. The molecule has 4 aliphatic rings. The van der Waals surface area contributed by atoms with Crippen LogP contribution in [0.4, 0.5) is 0 Å². The molecule has 8 heteroatoms. The number of carbonyl (C=O) groups is 2. The fourth-order valence-corrected chi connectivity index (χ4v) is 11.3. The minimum absolute atomic E-state index is 0.103. The van der Waals surface area contributed by atoms with E-state index in [4.69, 9.17) is 4.74 Å². The minimum atomic E-state index is -1.49. The number of carbonyl (C=O) groups excluding carboxylic acids is 2. The zero-order valence-corrected chi connectivity index (χ0v) is 34.5. The first-order valence-electron chi connectivity index (χ1n) is 21.9. The maximum absolute atomic E-state index is 13.6. The molecule has 0 spiro atoms. The summed E-state index contributed by atoms with van der Waals surface area (Å²) in [5, 5.41) is 56.9. The molecule has 0 bridgehead atoms. The monoisotopic (exact) mass is 747 g/mol. The molecule has 0 aliphatic heterocycles. The number of fused-ring (bicyclic) bond motifs is 5. The van der Waals surface area contributed by atoms with E-state index < -0.39 is 57.8 Å². The first-order valence-corrected chi connectivity index (χ1v) is 21.9. The van der Waals surface area contributed by atoms with E-state index in [0.29, 0.717) is 44.1 Å². The van der Waals surface area contributed by atoms with E-state index in [1.807, 2.05) is 13.8 Å². The van der Waals surface area contributed by atoms with Gasteiger partial charge >= 0.3 is 5.97 Å². The SMILES string of the molecule is CCCCCCCCCCCCCCCCCC(=O)O[C@H](CCC(C)(C)O)[C@](C)(O)[C@H]1CC[C@@]2(O)C3=CC(=O)[C@@H]4C[C@@H](O)[C@@H](O)C[C@]4(C)[C@H]3CC[C@]12C. The van der Waals surface area contributed by atoms with Crippen molar-refractivity contribution in [3.8, 4) is 0 Å². The number of aliphatic hydroxyl groups excluding tert-OH is 2. The number of ether oxygens (including phenoxy) is 1. The zero-order valence-electron chi connectivity index (χ0n) is 34.5. The van der Waals surface area contributed by atoms with Crippen LogP contribution >= 0.6 is 0 Å². The Morgan fingerprint density at radius 1 is 0.830 bits per heavy atom. The average molecular weight is 747 g/mol. The van der Waals surface area contributed by atoms with Crippen LogP contribution in [-0.2, 0) is 14.3 Å². The highest BCUT2D eigenvalue weighted by molar-refractivity contribution is 5.95. The highest BCUT2D eigenvalue weighted by Gasteiger charge is 2.69. The molecule has 0 aromatic carbocycles. The van der Waals surface area contributed by atoms with Gasteiger partial charge in [-0.2, -0.15) is 0 Å². The Morgan fingerprint density at radius 3 is 1.92 bits per heavy atom. The predicted molar refractivity (Wildman–Crippen MR) is 210 cm³/mol. The Bertz CT molecular complexity index is 1220. The number of ketones is 1. The van der Waals surface area contributed by atoms with Crippen molar-refractivity contribution in [3.63, 3.8) is 0 Å². The highest BCUT2D eigenvalue weighted by atomic mass is 16.6. The summed E-state index contributed by atoms with van der Waals surface area (Å²) in [4.78, 5) is 26.9. The number of allylic oxidation sites excluding steroid dienone is 1. The van der Waals surface area contributed by atoms with Gasteiger partial charge in [0.05, 0.1) is 23.4 Å². The predicted octanol–water partition coefficient (Wildman–Crippen LogP) is 8.67. The van der Waals surface area contributed by atoms with Gasteiger partial charge in [0.15, 0.2) is 5.78 Å². The summed E-state index contributed by atoms with van der Waals surface area (Å²) in [5.41, 5.74) is -4.50. The van der Waals surface area contributed by atoms with E-state index in [1.165, 1.54) is 77.0 Å². The summed E-state index contributed by atoms with van der Waals surface area (Å²) in [5.74, 6) is -1.38. The van der Waals surface area contributed by atoms with Crippen LogP contribution in [0.25, 0.3) is 0 Å². The Balaban J connectivity index is 1.32.